The second kappa shape index (κ2) is 6.25. The van der Waals surface area contributed by atoms with E-state index in [4.69, 9.17) is 27.9 Å². The minimum absolute atomic E-state index is 0.0394. The molecule has 3 nitrogen and oxygen atoms in total. The minimum atomic E-state index is -0.263. The predicted molar refractivity (Wildman–Crippen MR) is 79.9 cm³/mol. The summed E-state index contributed by atoms with van der Waals surface area (Å²) in [5, 5.41) is 0.626. The van der Waals surface area contributed by atoms with Crippen LogP contribution in [0, 0.1) is 0 Å². The van der Waals surface area contributed by atoms with E-state index in [1.165, 1.54) is 12.3 Å². The number of carbonyl (C=O) groups excluding carboxylic acids is 1. The van der Waals surface area contributed by atoms with Gasteiger partial charge in [-0.2, -0.15) is 0 Å². The van der Waals surface area contributed by atoms with Gasteiger partial charge in [0.05, 0.1) is 16.1 Å². The Morgan fingerprint density at radius 3 is 2.65 bits per heavy atom. The maximum absolute atomic E-state index is 12.4. The fourth-order valence-corrected chi connectivity index (χ4v) is 2.17. The second-order valence-corrected chi connectivity index (χ2v) is 5.35. The molecule has 0 aliphatic heterocycles. The molecule has 0 aliphatic rings. The highest BCUT2D eigenvalue weighted by Gasteiger charge is 2.15. The number of ether oxygens (including phenoxy) is 1. The van der Waals surface area contributed by atoms with Crippen molar-refractivity contribution in [3.8, 4) is 5.75 Å². The Morgan fingerprint density at radius 2 is 2.00 bits per heavy atom. The molecule has 20 heavy (non-hydrogen) atoms. The zero-order valence-corrected chi connectivity index (χ0v) is 12.6. The Balaban J connectivity index is 2.33. The number of benzene rings is 1. The van der Waals surface area contributed by atoms with Crippen LogP contribution in [-0.2, 0) is 0 Å². The van der Waals surface area contributed by atoms with Crippen LogP contribution < -0.4 is 4.74 Å². The maximum Gasteiger partial charge on any atom is 0.213 e. The van der Waals surface area contributed by atoms with Gasteiger partial charge in [0.2, 0.25) is 5.78 Å². The normalized spacial score (nSPS) is 10.7. The van der Waals surface area contributed by atoms with Gasteiger partial charge in [0, 0.05) is 11.8 Å². The summed E-state index contributed by atoms with van der Waals surface area (Å²) in [5.41, 5.74) is 0.651. The second-order valence-electron chi connectivity index (χ2n) is 4.51. The lowest BCUT2D eigenvalue weighted by atomic mass is 10.1. The number of aromatic nitrogens is 1. The van der Waals surface area contributed by atoms with Gasteiger partial charge in [0.15, 0.2) is 0 Å². The van der Waals surface area contributed by atoms with Crippen LogP contribution in [0.4, 0.5) is 0 Å². The summed E-state index contributed by atoms with van der Waals surface area (Å²) in [7, 11) is 0. The average Bonchev–Trinajstić information content (AvgIpc) is 2.37. The number of ketones is 1. The molecule has 0 radical (unpaired) electrons. The van der Waals surface area contributed by atoms with Crippen molar-refractivity contribution in [2.75, 3.05) is 0 Å². The van der Waals surface area contributed by atoms with Crippen LogP contribution in [0.2, 0.25) is 10.0 Å². The Labute approximate surface area is 127 Å². The summed E-state index contributed by atoms with van der Waals surface area (Å²) in [6.45, 7) is 3.85. The van der Waals surface area contributed by atoms with Gasteiger partial charge in [0.1, 0.15) is 11.4 Å². The molecule has 0 N–H and O–H groups in total. The number of rotatable bonds is 4. The molecule has 0 saturated heterocycles. The van der Waals surface area contributed by atoms with E-state index in [2.05, 4.69) is 4.98 Å². The number of nitrogens with zero attached hydrogens (tertiary/aromatic N) is 1. The van der Waals surface area contributed by atoms with E-state index in [0.717, 1.165) is 0 Å². The van der Waals surface area contributed by atoms with Crippen LogP contribution in [0.3, 0.4) is 0 Å². The fraction of sp³-hybridized carbons (Fsp3) is 0.200. The van der Waals surface area contributed by atoms with E-state index in [0.29, 0.717) is 16.3 Å². The van der Waals surface area contributed by atoms with E-state index in [1.807, 2.05) is 13.8 Å². The quantitative estimate of drug-likeness (QED) is 0.785. The van der Waals surface area contributed by atoms with Gasteiger partial charge in [-0.25, -0.2) is 4.98 Å². The van der Waals surface area contributed by atoms with E-state index in [-0.39, 0.29) is 22.6 Å². The molecule has 0 bridgehead atoms. The van der Waals surface area contributed by atoms with Crippen molar-refractivity contribution in [1.82, 2.24) is 4.98 Å². The molecule has 104 valence electrons. The number of hydrogen-bond donors (Lipinski definition) is 0. The third kappa shape index (κ3) is 3.50. The van der Waals surface area contributed by atoms with Gasteiger partial charge in [-0.1, -0.05) is 35.3 Å². The fourth-order valence-electron chi connectivity index (χ4n) is 1.70. The molecule has 1 aromatic carbocycles. The lowest BCUT2D eigenvalue weighted by molar-refractivity contribution is 0.103. The zero-order chi connectivity index (χ0) is 14.7. The number of hydrogen-bond acceptors (Lipinski definition) is 3. The summed E-state index contributed by atoms with van der Waals surface area (Å²) in [6, 6.07) is 8.43. The zero-order valence-electron chi connectivity index (χ0n) is 11.1. The first-order chi connectivity index (χ1) is 9.47. The topological polar surface area (TPSA) is 39.2 Å². The highest BCUT2D eigenvalue weighted by atomic mass is 35.5. The van der Waals surface area contributed by atoms with E-state index >= 15 is 0 Å². The molecule has 1 aromatic heterocycles. The monoisotopic (exact) mass is 309 g/mol. The lowest BCUT2D eigenvalue weighted by Crippen LogP contribution is -2.08. The molecule has 0 amide bonds. The maximum atomic E-state index is 12.4. The van der Waals surface area contributed by atoms with Crippen molar-refractivity contribution < 1.29 is 9.53 Å². The summed E-state index contributed by atoms with van der Waals surface area (Å²) in [4.78, 5) is 16.4. The highest BCUT2D eigenvalue weighted by Crippen LogP contribution is 2.23. The molecule has 2 aromatic rings. The van der Waals surface area contributed by atoms with Crippen LogP contribution in [0.1, 0.15) is 29.9 Å². The van der Waals surface area contributed by atoms with Crippen molar-refractivity contribution in [3.63, 3.8) is 0 Å². The molecule has 0 saturated carbocycles. The van der Waals surface area contributed by atoms with Crippen LogP contribution in [0.5, 0.6) is 5.75 Å². The van der Waals surface area contributed by atoms with Gasteiger partial charge in [-0.15, -0.1) is 0 Å². The van der Waals surface area contributed by atoms with Gasteiger partial charge in [-0.3, -0.25) is 4.79 Å². The molecule has 2 rings (SSSR count). The molecule has 1 heterocycles. The molecule has 5 heteroatoms. The molecule has 0 aliphatic carbocycles. The summed E-state index contributed by atoms with van der Waals surface area (Å²) in [6.07, 6.45) is 1.44. The van der Waals surface area contributed by atoms with Crippen molar-refractivity contribution in [2.45, 2.75) is 20.0 Å². The first kappa shape index (κ1) is 14.8. The summed E-state index contributed by atoms with van der Waals surface area (Å²) in [5.74, 6) is 0.372. The van der Waals surface area contributed by atoms with Crippen LogP contribution in [0.25, 0.3) is 0 Å². The smallest absolute Gasteiger partial charge is 0.213 e. The Hall–Kier alpha value is -1.58. The summed E-state index contributed by atoms with van der Waals surface area (Å²) < 4.78 is 5.56. The van der Waals surface area contributed by atoms with Crippen LogP contribution >= 0.6 is 23.2 Å². The first-order valence-electron chi connectivity index (χ1n) is 6.10. The molecule has 0 fully saturated rings. The van der Waals surface area contributed by atoms with Crippen molar-refractivity contribution in [2.24, 2.45) is 0 Å². The third-order valence-electron chi connectivity index (χ3n) is 2.49. The third-order valence-corrected chi connectivity index (χ3v) is 2.99. The van der Waals surface area contributed by atoms with Crippen molar-refractivity contribution in [3.05, 3.63) is 57.8 Å². The van der Waals surface area contributed by atoms with Gasteiger partial charge >= 0.3 is 0 Å². The highest BCUT2D eigenvalue weighted by molar-refractivity contribution is 6.37. The lowest BCUT2D eigenvalue weighted by Gasteiger charge is -2.10. The van der Waals surface area contributed by atoms with Crippen molar-refractivity contribution >= 4 is 29.0 Å². The minimum Gasteiger partial charge on any atom is -0.491 e. The van der Waals surface area contributed by atoms with Gasteiger partial charge in [0.25, 0.3) is 0 Å². The van der Waals surface area contributed by atoms with E-state index < -0.39 is 0 Å². The molecule has 0 spiro atoms. The molecule has 0 unspecified atom stereocenters. The Morgan fingerprint density at radius 1 is 1.25 bits per heavy atom. The average molecular weight is 310 g/mol. The Bertz CT molecular complexity index is 642. The van der Waals surface area contributed by atoms with E-state index in [1.54, 1.807) is 24.3 Å². The number of pyridine rings is 1. The largest absolute Gasteiger partial charge is 0.491 e. The van der Waals surface area contributed by atoms with Gasteiger partial charge in [-0.05, 0) is 32.0 Å². The van der Waals surface area contributed by atoms with Crippen LogP contribution in [-0.4, -0.2) is 16.9 Å². The number of carbonyl (C=O) groups is 1. The molecule has 0 atom stereocenters. The molecular weight excluding hydrogens is 297 g/mol. The standard InChI is InChI=1S/C15H13Cl2NO2/c1-9(2)20-12-5-3-4-10(6-12)15(19)14-13(17)7-11(16)8-18-14/h3-9H,1-2H3. The SMILES string of the molecule is CC(C)Oc1cccc(C(=O)c2ncc(Cl)cc2Cl)c1. The molecular formula is C15H13Cl2NO2. The summed E-state index contributed by atoms with van der Waals surface area (Å²) >= 11 is 11.8. The predicted octanol–water partition coefficient (Wildman–Crippen LogP) is 4.41. The van der Waals surface area contributed by atoms with Crippen LogP contribution in [0.15, 0.2) is 36.5 Å². The number of halogens is 2. The van der Waals surface area contributed by atoms with Gasteiger partial charge < -0.3 is 4.74 Å². The van der Waals surface area contributed by atoms with Crippen molar-refractivity contribution in [1.29, 1.82) is 0 Å². The first-order valence-corrected chi connectivity index (χ1v) is 6.85. The Kier molecular flexibility index (Phi) is 4.63. The van der Waals surface area contributed by atoms with E-state index in [9.17, 15) is 4.79 Å².